The zero-order valence-corrected chi connectivity index (χ0v) is 9.49. The fourth-order valence-corrected chi connectivity index (χ4v) is 1.91. The van der Waals surface area contributed by atoms with E-state index in [1.165, 1.54) is 0 Å². The molecule has 0 radical (unpaired) electrons. The molecule has 1 heterocycles. The molecule has 3 nitrogen and oxygen atoms in total. The smallest absolute Gasteiger partial charge is 0.182 e. The van der Waals surface area contributed by atoms with Crippen LogP contribution in [-0.2, 0) is 0 Å². The molecule has 2 rings (SSSR count). The van der Waals surface area contributed by atoms with Crippen LogP contribution in [0.3, 0.4) is 0 Å². The Balaban J connectivity index is 2.02. The molecule has 1 N–H and O–H groups in total. The Morgan fingerprint density at radius 1 is 1.38 bits per heavy atom. The Kier molecular flexibility index (Phi) is 3.04. The van der Waals surface area contributed by atoms with Crippen molar-refractivity contribution in [3.05, 3.63) is 35.4 Å². The van der Waals surface area contributed by atoms with Crippen LogP contribution >= 0.6 is 0 Å². The van der Waals surface area contributed by atoms with Crippen LogP contribution < -0.4 is 0 Å². The summed E-state index contributed by atoms with van der Waals surface area (Å²) in [6.07, 6.45) is 1.81. The molecule has 0 spiro atoms. The Hall–Kier alpha value is -1.64. The van der Waals surface area contributed by atoms with Crippen LogP contribution in [0, 0.1) is 12.3 Å². The molecular weight excluding hydrogens is 200 g/mol. The van der Waals surface area contributed by atoms with Crippen molar-refractivity contribution in [2.24, 2.45) is 0 Å². The summed E-state index contributed by atoms with van der Waals surface area (Å²) in [5, 5.41) is 7.67. The van der Waals surface area contributed by atoms with Gasteiger partial charge in [-0.15, -0.1) is 0 Å². The van der Waals surface area contributed by atoms with Gasteiger partial charge in [0.05, 0.1) is 12.4 Å². The summed E-state index contributed by atoms with van der Waals surface area (Å²) >= 11 is 0. The van der Waals surface area contributed by atoms with E-state index in [-0.39, 0.29) is 5.78 Å². The van der Waals surface area contributed by atoms with Gasteiger partial charge >= 0.3 is 0 Å². The fraction of sp³-hybridized carbons (Fsp3) is 0.385. The highest BCUT2D eigenvalue weighted by Crippen LogP contribution is 2.11. The van der Waals surface area contributed by atoms with Crippen LogP contribution in [0.25, 0.3) is 0 Å². The molecule has 1 aromatic carbocycles. The SMILES string of the molecule is Cc1ccc(C(=O)CN2CCCC2=N)cc1. The van der Waals surface area contributed by atoms with Crippen LogP contribution in [0.2, 0.25) is 0 Å². The van der Waals surface area contributed by atoms with Gasteiger partial charge in [-0.05, 0) is 13.3 Å². The second-order valence-corrected chi connectivity index (χ2v) is 4.26. The van der Waals surface area contributed by atoms with Gasteiger partial charge in [0.2, 0.25) is 0 Å². The first-order valence-corrected chi connectivity index (χ1v) is 5.59. The van der Waals surface area contributed by atoms with Crippen LogP contribution in [0.15, 0.2) is 24.3 Å². The van der Waals surface area contributed by atoms with Gasteiger partial charge in [-0.3, -0.25) is 10.2 Å². The van der Waals surface area contributed by atoms with Crippen LogP contribution in [0.1, 0.15) is 28.8 Å². The third-order valence-electron chi connectivity index (χ3n) is 2.93. The molecule has 0 bridgehead atoms. The van der Waals surface area contributed by atoms with E-state index in [1.807, 2.05) is 36.1 Å². The predicted octanol–water partition coefficient (Wildman–Crippen LogP) is 2.25. The first-order valence-electron chi connectivity index (χ1n) is 5.59. The summed E-state index contributed by atoms with van der Waals surface area (Å²) in [5.41, 5.74) is 1.90. The molecule has 1 fully saturated rings. The van der Waals surface area contributed by atoms with Gasteiger partial charge in [0.1, 0.15) is 0 Å². The number of nitrogens with zero attached hydrogens (tertiary/aromatic N) is 1. The molecule has 1 aliphatic heterocycles. The third kappa shape index (κ3) is 2.30. The maximum Gasteiger partial charge on any atom is 0.182 e. The minimum absolute atomic E-state index is 0.103. The summed E-state index contributed by atoms with van der Waals surface area (Å²) in [6.45, 7) is 3.20. The standard InChI is InChI=1S/C13H16N2O/c1-10-4-6-11(7-5-10)12(16)9-15-8-2-3-13(15)14/h4-7,14H,2-3,8-9H2,1H3. The van der Waals surface area contributed by atoms with Crippen molar-refractivity contribution in [3.8, 4) is 0 Å². The average Bonchev–Trinajstić information content (AvgIpc) is 2.65. The molecule has 84 valence electrons. The highest BCUT2D eigenvalue weighted by Gasteiger charge is 2.19. The molecule has 0 saturated carbocycles. The van der Waals surface area contributed by atoms with Crippen LogP contribution in [-0.4, -0.2) is 29.6 Å². The quantitative estimate of drug-likeness (QED) is 0.787. The molecular formula is C13H16N2O. The number of carbonyl (C=O) groups excluding carboxylic acids is 1. The Morgan fingerprint density at radius 2 is 2.06 bits per heavy atom. The minimum atomic E-state index is 0.103. The van der Waals surface area contributed by atoms with E-state index < -0.39 is 0 Å². The van der Waals surface area contributed by atoms with Crippen molar-refractivity contribution in [2.45, 2.75) is 19.8 Å². The third-order valence-corrected chi connectivity index (χ3v) is 2.93. The van der Waals surface area contributed by atoms with Gasteiger partial charge in [0.25, 0.3) is 0 Å². The Labute approximate surface area is 95.6 Å². The normalized spacial score (nSPS) is 15.6. The molecule has 3 heteroatoms. The molecule has 0 aromatic heterocycles. The van der Waals surface area contributed by atoms with E-state index in [0.29, 0.717) is 12.4 Å². The number of nitrogens with one attached hydrogen (secondary N) is 1. The number of ketones is 1. The summed E-state index contributed by atoms with van der Waals surface area (Å²) in [6, 6.07) is 7.61. The van der Waals surface area contributed by atoms with E-state index in [4.69, 9.17) is 5.41 Å². The van der Waals surface area contributed by atoms with Gasteiger partial charge in [-0.2, -0.15) is 0 Å². The van der Waals surface area contributed by atoms with Gasteiger partial charge in [0.15, 0.2) is 5.78 Å². The topological polar surface area (TPSA) is 44.2 Å². The summed E-state index contributed by atoms with van der Waals surface area (Å²) in [4.78, 5) is 13.8. The average molecular weight is 216 g/mol. The first-order chi connectivity index (χ1) is 7.66. The Bertz CT molecular complexity index is 408. The lowest BCUT2D eigenvalue weighted by Gasteiger charge is -2.16. The van der Waals surface area contributed by atoms with E-state index >= 15 is 0 Å². The molecule has 1 aliphatic rings. The van der Waals surface area contributed by atoms with Gasteiger partial charge in [-0.25, -0.2) is 0 Å². The van der Waals surface area contributed by atoms with E-state index in [9.17, 15) is 4.79 Å². The lowest BCUT2D eigenvalue weighted by atomic mass is 10.1. The lowest BCUT2D eigenvalue weighted by Crippen LogP contribution is -2.30. The zero-order valence-electron chi connectivity index (χ0n) is 9.49. The second-order valence-electron chi connectivity index (χ2n) is 4.26. The summed E-state index contributed by atoms with van der Waals surface area (Å²) in [5.74, 6) is 0.701. The Morgan fingerprint density at radius 3 is 2.62 bits per heavy atom. The summed E-state index contributed by atoms with van der Waals surface area (Å²) < 4.78 is 0. The van der Waals surface area contributed by atoms with Gasteiger partial charge < -0.3 is 4.90 Å². The van der Waals surface area contributed by atoms with Crippen LogP contribution in [0.4, 0.5) is 0 Å². The number of carbonyl (C=O) groups is 1. The zero-order chi connectivity index (χ0) is 11.5. The number of amidine groups is 1. The highest BCUT2D eigenvalue weighted by atomic mass is 16.1. The van der Waals surface area contributed by atoms with Crippen molar-refractivity contribution < 1.29 is 4.79 Å². The number of benzene rings is 1. The molecule has 0 amide bonds. The highest BCUT2D eigenvalue weighted by molar-refractivity contribution is 5.99. The molecule has 0 aliphatic carbocycles. The van der Waals surface area contributed by atoms with E-state index in [0.717, 1.165) is 30.5 Å². The van der Waals surface area contributed by atoms with Crippen molar-refractivity contribution >= 4 is 11.6 Å². The largest absolute Gasteiger partial charge is 0.353 e. The van der Waals surface area contributed by atoms with E-state index in [2.05, 4.69) is 0 Å². The van der Waals surface area contributed by atoms with Crippen molar-refractivity contribution in [2.75, 3.05) is 13.1 Å². The predicted molar refractivity (Wildman–Crippen MR) is 64.0 cm³/mol. The number of rotatable bonds is 3. The number of Topliss-reactive ketones (excluding diaryl/α,β-unsaturated/α-hetero) is 1. The summed E-state index contributed by atoms with van der Waals surface area (Å²) in [7, 11) is 0. The monoisotopic (exact) mass is 216 g/mol. The molecule has 16 heavy (non-hydrogen) atoms. The van der Waals surface area contributed by atoms with Crippen molar-refractivity contribution in [3.63, 3.8) is 0 Å². The number of hydrogen-bond acceptors (Lipinski definition) is 2. The first kappa shape index (κ1) is 10.9. The van der Waals surface area contributed by atoms with E-state index in [1.54, 1.807) is 0 Å². The molecule has 0 atom stereocenters. The molecule has 1 saturated heterocycles. The number of aryl methyl sites for hydroxylation is 1. The van der Waals surface area contributed by atoms with Gasteiger partial charge in [-0.1, -0.05) is 29.8 Å². The maximum atomic E-state index is 11.9. The second kappa shape index (κ2) is 4.47. The van der Waals surface area contributed by atoms with Crippen molar-refractivity contribution in [1.82, 2.24) is 4.90 Å². The lowest BCUT2D eigenvalue weighted by molar-refractivity contribution is 0.0966. The molecule has 0 unspecified atom stereocenters. The fourth-order valence-electron chi connectivity index (χ4n) is 1.91. The number of hydrogen-bond donors (Lipinski definition) is 1. The maximum absolute atomic E-state index is 11.9. The number of likely N-dealkylation sites (tertiary alicyclic amines) is 1. The molecule has 1 aromatic rings. The minimum Gasteiger partial charge on any atom is -0.353 e. The van der Waals surface area contributed by atoms with Gasteiger partial charge in [0, 0.05) is 18.5 Å². The van der Waals surface area contributed by atoms with Crippen LogP contribution in [0.5, 0.6) is 0 Å². The van der Waals surface area contributed by atoms with Crippen molar-refractivity contribution in [1.29, 1.82) is 5.41 Å².